The van der Waals surface area contributed by atoms with Crippen LogP contribution in [0.15, 0.2) is 53.1 Å². The van der Waals surface area contributed by atoms with E-state index in [2.05, 4.69) is 10.3 Å². The van der Waals surface area contributed by atoms with Crippen molar-refractivity contribution in [2.45, 2.75) is 12.8 Å². The van der Waals surface area contributed by atoms with Crippen LogP contribution in [0.1, 0.15) is 12.3 Å². The molecule has 134 valence electrons. The highest BCUT2D eigenvalue weighted by Crippen LogP contribution is 2.24. The van der Waals surface area contributed by atoms with Gasteiger partial charge >= 0.3 is 0 Å². The molecule has 5 nitrogen and oxygen atoms in total. The number of hydrogen-bond acceptors (Lipinski definition) is 4. The van der Waals surface area contributed by atoms with Crippen LogP contribution in [-0.4, -0.2) is 18.0 Å². The number of hydrogen-bond donors (Lipinski definition) is 1. The number of carbonyl (C=O) groups is 1. The van der Waals surface area contributed by atoms with Crippen LogP contribution in [-0.2, 0) is 11.2 Å². The lowest BCUT2D eigenvalue weighted by Crippen LogP contribution is -2.14. The number of para-hydroxylation sites is 1. The number of methoxy groups -OCH3 is 1. The molecule has 1 N–H and O–H groups in total. The molecule has 0 saturated heterocycles. The first-order valence-electron chi connectivity index (χ1n) is 7.90. The van der Waals surface area contributed by atoms with Gasteiger partial charge in [-0.25, -0.2) is 13.8 Å². The zero-order chi connectivity index (χ0) is 18.5. The Balaban J connectivity index is 1.60. The number of ether oxygens (including phenoxy) is 1. The van der Waals surface area contributed by atoms with Crippen molar-refractivity contribution in [2.75, 3.05) is 12.4 Å². The summed E-state index contributed by atoms with van der Waals surface area (Å²) in [6.45, 7) is 0. The van der Waals surface area contributed by atoms with Crippen molar-refractivity contribution in [1.29, 1.82) is 0 Å². The number of nitrogens with zero attached hydrogens (tertiary/aromatic N) is 1. The second-order valence-corrected chi connectivity index (χ2v) is 5.49. The molecule has 7 heteroatoms. The van der Waals surface area contributed by atoms with E-state index < -0.39 is 23.2 Å². The Morgan fingerprint density at radius 2 is 1.85 bits per heavy atom. The van der Waals surface area contributed by atoms with Crippen molar-refractivity contribution >= 4 is 11.6 Å². The van der Waals surface area contributed by atoms with Crippen LogP contribution < -0.4 is 10.1 Å². The zero-order valence-corrected chi connectivity index (χ0v) is 14.0. The van der Waals surface area contributed by atoms with Gasteiger partial charge in [0.25, 0.3) is 0 Å². The minimum atomic E-state index is -0.823. The summed E-state index contributed by atoms with van der Waals surface area (Å²) in [6.07, 6.45) is 1.75. The number of nitrogens with one attached hydrogen (secondary N) is 1. The minimum Gasteiger partial charge on any atom is -0.497 e. The Labute approximate surface area is 148 Å². The molecule has 0 aliphatic rings. The summed E-state index contributed by atoms with van der Waals surface area (Å²) in [4.78, 5) is 16.0. The van der Waals surface area contributed by atoms with E-state index in [4.69, 9.17) is 9.15 Å². The SMILES string of the molecule is COc1ccc(-c2cnc(CCC(=O)Nc3c(F)cccc3F)o2)cc1. The molecule has 0 bridgehead atoms. The van der Waals surface area contributed by atoms with Crippen LogP contribution >= 0.6 is 0 Å². The standard InChI is InChI=1S/C19H16F2N2O3/c1-25-13-7-5-12(6-8-13)16-11-22-18(26-16)10-9-17(24)23-19-14(20)3-2-4-15(19)21/h2-8,11H,9-10H2,1H3,(H,23,24). The minimum absolute atomic E-state index is 0.0175. The van der Waals surface area contributed by atoms with Gasteiger partial charge in [-0.05, 0) is 36.4 Å². The lowest BCUT2D eigenvalue weighted by atomic mass is 10.2. The van der Waals surface area contributed by atoms with E-state index in [0.717, 1.165) is 23.4 Å². The largest absolute Gasteiger partial charge is 0.497 e. The summed E-state index contributed by atoms with van der Waals surface area (Å²) in [5.41, 5.74) is 0.367. The molecule has 0 radical (unpaired) electrons. The average molecular weight is 358 g/mol. The van der Waals surface area contributed by atoms with Gasteiger partial charge in [0, 0.05) is 18.4 Å². The molecule has 26 heavy (non-hydrogen) atoms. The number of aryl methyl sites for hydroxylation is 1. The van der Waals surface area contributed by atoms with Gasteiger partial charge < -0.3 is 14.5 Å². The number of halogens is 2. The maximum atomic E-state index is 13.5. The molecular formula is C19H16F2N2O3. The predicted molar refractivity (Wildman–Crippen MR) is 91.8 cm³/mol. The van der Waals surface area contributed by atoms with Crippen molar-refractivity contribution in [1.82, 2.24) is 4.98 Å². The Morgan fingerprint density at radius 1 is 1.15 bits per heavy atom. The fraction of sp³-hybridized carbons (Fsp3) is 0.158. The summed E-state index contributed by atoms with van der Waals surface area (Å²) in [5.74, 6) is -0.528. The fourth-order valence-electron chi connectivity index (χ4n) is 2.35. The van der Waals surface area contributed by atoms with Crippen LogP contribution in [0.2, 0.25) is 0 Å². The molecule has 0 unspecified atom stereocenters. The molecule has 0 spiro atoms. The Kier molecular flexibility index (Phi) is 5.26. The molecule has 3 aromatic rings. The lowest BCUT2D eigenvalue weighted by molar-refractivity contribution is -0.116. The third-order valence-corrected chi connectivity index (χ3v) is 3.72. The van der Waals surface area contributed by atoms with Gasteiger partial charge in [0.2, 0.25) is 5.91 Å². The van der Waals surface area contributed by atoms with E-state index in [9.17, 15) is 13.6 Å². The quantitative estimate of drug-likeness (QED) is 0.717. The van der Waals surface area contributed by atoms with Gasteiger partial charge in [-0.1, -0.05) is 6.07 Å². The van der Waals surface area contributed by atoms with E-state index in [0.29, 0.717) is 11.7 Å². The second-order valence-electron chi connectivity index (χ2n) is 5.49. The third kappa shape index (κ3) is 4.05. The van der Waals surface area contributed by atoms with Crippen LogP contribution in [0.25, 0.3) is 11.3 Å². The van der Waals surface area contributed by atoms with Gasteiger partial charge in [0.1, 0.15) is 23.1 Å². The number of anilines is 1. The number of amides is 1. The Hall–Kier alpha value is -3.22. The molecule has 1 amide bonds. The number of benzene rings is 2. The van der Waals surface area contributed by atoms with E-state index in [1.165, 1.54) is 6.07 Å². The molecule has 1 aromatic heterocycles. The number of oxazole rings is 1. The van der Waals surface area contributed by atoms with Crippen molar-refractivity contribution < 1.29 is 22.7 Å². The second kappa shape index (κ2) is 7.77. The molecule has 0 saturated carbocycles. The molecule has 1 heterocycles. The van der Waals surface area contributed by atoms with Gasteiger partial charge in [-0.3, -0.25) is 4.79 Å². The normalized spacial score (nSPS) is 10.6. The van der Waals surface area contributed by atoms with Gasteiger partial charge in [0.05, 0.1) is 13.3 Å². The molecule has 3 rings (SSSR count). The Bertz CT molecular complexity index is 887. The molecule has 0 aliphatic heterocycles. The molecule has 0 fully saturated rings. The van der Waals surface area contributed by atoms with Gasteiger partial charge in [0.15, 0.2) is 11.7 Å². The van der Waals surface area contributed by atoms with Crippen LogP contribution in [0.5, 0.6) is 5.75 Å². The smallest absolute Gasteiger partial charge is 0.225 e. The van der Waals surface area contributed by atoms with E-state index >= 15 is 0 Å². The van der Waals surface area contributed by atoms with Gasteiger partial charge in [-0.2, -0.15) is 0 Å². The number of aromatic nitrogens is 1. The first kappa shape index (κ1) is 17.6. The van der Waals surface area contributed by atoms with Crippen molar-refractivity contribution in [2.24, 2.45) is 0 Å². The maximum Gasteiger partial charge on any atom is 0.225 e. The van der Waals surface area contributed by atoms with E-state index in [1.807, 2.05) is 12.1 Å². The average Bonchev–Trinajstić information content (AvgIpc) is 3.12. The van der Waals surface area contributed by atoms with Gasteiger partial charge in [-0.15, -0.1) is 0 Å². The van der Waals surface area contributed by atoms with Crippen molar-refractivity contribution in [3.8, 4) is 17.1 Å². The summed E-state index contributed by atoms with van der Waals surface area (Å²) in [7, 11) is 1.58. The first-order valence-corrected chi connectivity index (χ1v) is 7.90. The van der Waals surface area contributed by atoms with Crippen LogP contribution in [0.3, 0.4) is 0 Å². The highest BCUT2D eigenvalue weighted by molar-refractivity contribution is 5.91. The topological polar surface area (TPSA) is 64.4 Å². The first-order chi connectivity index (χ1) is 12.6. The van der Waals surface area contributed by atoms with Crippen LogP contribution in [0, 0.1) is 11.6 Å². The van der Waals surface area contributed by atoms with E-state index in [-0.39, 0.29) is 12.8 Å². The number of rotatable bonds is 6. The maximum absolute atomic E-state index is 13.5. The predicted octanol–water partition coefficient (Wildman–Crippen LogP) is 4.20. The Morgan fingerprint density at radius 3 is 2.50 bits per heavy atom. The van der Waals surface area contributed by atoms with Crippen molar-refractivity contribution in [3.05, 3.63) is 66.2 Å². The van der Waals surface area contributed by atoms with Crippen molar-refractivity contribution in [3.63, 3.8) is 0 Å². The fourth-order valence-corrected chi connectivity index (χ4v) is 2.35. The molecule has 0 aliphatic carbocycles. The monoisotopic (exact) mass is 358 g/mol. The summed E-state index contributed by atoms with van der Waals surface area (Å²) >= 11 is 0. The summed E-state index contributed by atoms with van der Waals surface area (Å²) in [6, 6.07) is 10.6. The molecule has 2 aromatic carbocycles. The highest BCUT2D eigenvalue weighted by Gasteiger charge is 2.13. The molecular weight excluding hydrogens is 342 g/mol. The summed E-state index contributed by atoms with van der Waals surface area (Å²) < 4.78 is 37.8. The lowest BCUT2D eigenvalue weighted by Gasteiger charge is -2.06. The zero-order valence-electron chi connectivity index (χ0n) is 14.0. The van der Waals surface area contributed by atoms with E-state index in [1.54, 1.807) is 25.4 Å². The summed E-state index contributed by atoms with van der Waals surface area (Å²) in [5, 5.41) is 2.23. The third-order valence-electron chi connectivity index (χ3n) is 3.72. The molecule has 0 atom stereocenters. The highest BCUT2D eigenvalue weighted by atomic mass is 19.1. The van der Waals surface area contributed by atoms with Crippen LogP contribution in [0.4, 0.5) is 14.5 Å². The number of carbonyl (C=O) groups excluding carboxylic acids is 1.